The molecule has 9 nitrogen and oxygen atoms in total. The number of carbonyl (C=O) groups excluding carboxylic acids is 3. The summed E-state index contributed by atoms with van der Waals surface area (Å²) < 4.78 is 31.6. The molecular formula is C22H23BNO8P. The third-order valence-corrected chi connectivity index (χ3v) is 4.92. The zero-order chi connectivity index (χ0) is 23.8. The molecule has 33 heavy (non-hydrogen) atoms. The minimum atomic E-state index is -1.31. The van der Waals surface area contributed by atoms with E-state index in [9.17, 15) is 14.4 Å². The van der Waals surface area contributed by atoms with Gasteiger partial charge in [-0.05, 0) is 0 Å². The summed E-state index contributed by atoms with van der Waals surface area (Å²) >= 11 is 0. The minimum absolute atomic E-state index is 0.273. The van der Waals surface area contributed by atoms with Crippen LogP contribution in [0.25, 0.3) is 0 Å². The van der Waals surface area contributed by atoms with E-state index in [0.29, 0.717) is 5.56 Å². The number of carbonyl (C=O) groups is 3. The van der Waals surface area contributed by atoms with Crippen molar-refractivity contribution >= 4 is 34.6 Å². The third-order valence-electron chi connectivity index (χ3n) is 4.79. The molecule has 0 bridgehead atoms. The molecule has 1 fully saturated rings. The summed E-state index contributed by atoms with van der Waals surface area (Å²) in [6.07, 6.45) is -5.31. The van der Waals surface area contributed by atoms with Gasteiger partial charge in [0.1, 0.15) is 0 Å². The van der Waals surface area contributed by atoms with Crippen LogP contribution in [0.1, 0.15) is 34.6 Å². The second kappa shape index (κ2) is 11.7. The maximum atomic E-state index is 12.8. The number of hydrogen-bond donors (Lipinski definition) is 0. The van der Waals surface area contributed by atoms with Gasteiger partial charge in [0, 0.05) is 0 Å². The molecule has 1 saturated heterocycles. The van der Waals surface area contributed by atoms with Crippen LogP contribution in [0.4, 0.5) is 0 Å². The van der Waals surface area contributed by atoms with Crippen LogP contribution >= 0.6 is 9.39 Å². The van der Waals surface area contributed by atoms with E-state index in [-0.39, 0.29) is 5.56 Å². The number of ether oxygens (including phenoxy) is 4. The molecule has 0 amide bonds. The fourth-order valence-corrected chi connectivity index (χ4v) is 3.36. The molecule has 1 aliphatic heterocycles. The van der Waals surface area contributed by atoms with Crippen molar-refractivity contribution in [2.45, 2.75) is 44.6 Å². The quantitative estimate of drug-likeness (QED) is 0.250. The van der Waals surface area contributed by atoms with E-state index in [0.717, 1.165) is 0 Å². The van der Waals surface area contributed by atoms with E-state index in [1.807, 2.05) is 0 Å². The van der Waals surface area contributed by atoms with Gasteiger partial charge in [-0.15, -0.1) is 0 Å². The maximum absolute atomic E-state index is 12.8. The standard InChI is InChI=1S/C22H23BNO8P/c1-13(32-23-24-33)17-18(29-20(26)15-9-5-3-6-10-15)19(22(31-17)28-14(2)25)30-21(27)16-11-7-4-8-12-16/h3-13,17-19,22H,33H2,1-2H3/t13-,17-,18-,19-,22?/m1/s1. The van der Waals surface area contributed by atoms with Gasteiger partial charge < -0.3 is 0 Å². The van der Waals surface area contributed by atoms with Crippen molar-refractivity contribution in [3.8, 4) is 0 Å². The van der Waals surface area contributed by atoms with Gasteiger partial charge in [0.2, 0.25) is 0 Å². The first-order valence-corrected chi connectivity index (χ1v) is 10.6. The van der Waals surface area contributed by atoms with Gasteiger partial charge in [-0.3, -0.25) is 0 Å². The summed E-state index contributed by atoms with van der Waals surface area (Å²) in [5.41, 5.74) is 0.565. The molecule has 0 aromatic heterocycles. The van der Waals surface area contributed by atoms with Crippen LogP contribution in [0.15, 0.2) is 65.3 Å². The van der Waals surface area contributed by atoms with Gasteiger partial charge in [-0.2, -0.15) is 0 Å². The molecule has 0 radical (unpaired) electrons. The number of hydrogen-bond acceptors (Lipinski definition) is 9. The molecule has 2 aromatic carbocycles. The van der Waals surface area contributed by atoms with E-state index >= 15 is 0 Å². The summed E-state index contributed by atoms with van der Waals surface area (Å²) in [5.74, 6) is -2.01. The first-order valence-electron chi connectivity index (χ1n) is 10.1. The zero-order valence-electron chi connectivity index (χ0n) is 18.0. The fourth-order valence-electron chi connectivity index (χ4n) is 3.28. The second-order valence-electron chi connectivity index (χ2n) is 7.15. The summed E-state index contributed by atoms with van der Waals surface area (Å²) in [6.45, 7) is 2.85. The van der Waals surface area contributed by atoms with Gasteiger partial charge >= 0.3 is 194 Å². The molecule has 1 aliphatic rings. The van der Waals surface area contributed by atoms with Gasteiger partial charge in [0.25, 0.3) is 0 Å². The summed E-state index contributed by atoms with van der Waals surface area (Å²) in [4.78, 5) is 37.3. The Morgan fingerprint density at radius 3 is 1.91 bits per heavy atom. The van der Waals surface area contributed by atoms with Gasteiger partial charge in [-0.25, -0.2) is 0 Å². The Morgan fingerprint density at radius 1 is 0.909 bits per heavy atom. The molecule has 0 N–H and O–H groups in total. The van der Waals surface area contributed by atoms with Crippen molar-refractivity contribution in [3.05, 3.63) is 71.8 Å². The Hall–Kier alpha value is -3.10. The number of esters is 3. The van der Waals surface area contributed by atoms with Crippen LogP contribution in [0.5, 0.6) is 0 Å². The molecule has 0 spiro atoms. The van der Waals surface area contributed by atoms with Crippen molar-refractivity contribution in [1.82, 2.24) is 0 Å². The second-order valence-corrected chi connectivity index (χ2v) is 7.44. The average molecular weight is 471 g/mol. The van der Waals surface area contributed by atoms with Crippen LogP contribution in [-0.2, 0) is 28.4 Å². The van der Waals surface area contributed by atoms with Gasteiger partial charge in [0.15, 0.2) is 0 Å². The molecule has 0 saturated carbocycles. The van der Waals surface area contributed by atoms with Crippen LogP contribution in [-0.4, -0.2) is 55.9 Å². The average Bonchev–Trinajstić information content (AvgIpc) is 3.14. The van der Waals surface area contributed by atoms with Crippen molar-refractivity contribution in [3.63, 3.8) is 0 Å². The Kier molecular flexibility index (Phi) is 8.68. The Morgan fingerprint density at radius 2 is 1.42 bits per heavy atom. The summed E-state index contributed by atoms with van der Waals surface area (Å²) in [5, 5.41) is 0. The predicted molar refractivity (Wildman–Crippen MR) is 120 cm³/mol. The van der Waals surface area contributed by atoms with E-state index in [1.165, 1.54) is 14.2 Å². The van der Waals surface area contributed by atoms with Crippen LogP contribution in [0.3, 0.4) is 0 Å². The predicted octanol–water partition coefficient (Wildman–Crippen LogP) is 2.72. The van der Waals surface area contributed by atoms with E-state index in [1.54, 1.807) is 67.6 Å². The molecular weight excluding hydrogens is 448 g/mol. The zero-order valence-corrected chi connectivity index (χ0v) is 19.2. The molecule has 172 valence electrons. The van der Waals surface area contributed by atoms with Crippen molar-refractivity contribution in [2.24, 2.45) is 4.67 Å². The number of rotatable bonds is 8. The van der Waals surface area contributed by atoms with Crippen LogP contribution in [0, 0.1) is 0 Å². The van der Waals surface area contributed by atoms with Crippen molar-refractivity contribution < 1.29 is 38.0 Å². The third kappa shape index (κ3) is 6.46. The molecule has 11 heteroatoms. The first-order chi connectivity index (χ1) is 15.9. The Balaban J connectivity index is 1.91. The Bertz CT molecular complexity index is 990. The molecule has 0 aliphatic carbocycles. The summed E-state index contributed by atoms with van der Waals surface area (Å²) in [6, 6.07) is 16.6. The van der Waals surface area contributed by atoms with Crippen LogP contribution in [0.2, 0.25) is 0 Å². The van der Waals surface area contributed by atoms with E-state index in [2.05, 4.69) is 14.1 Å². The molecule has 2 aromatic rings. The molecule has 2 unspecified atom stereocenters. The van der Waals surface area contributed by atoms with E-state index < -0.39 is 48.6 Å². The molecule has 1 heterocycles. The van der Waals surface area contributed by atoms with E-state index in [4.69, 9.17) is 23.6 Å². The number of benzene rings is 2. The summed E-state index contributed by atoms with van der Waals surface area (Å²) in [7, 11) is 3.30. The van der Waals surface area contributed by atoms with Crippen molar-refractivity contribution in [1.29, 1.82) is 0 Å². The normalized spacial score (nSPS) is 22.8. The van der Waals surface area contributed by atoms with Gasteiger partial charge in [0.05, 0.1) is 0 Å². The van der Waals surface area contributed by atoms with Crippen molar-refractivity contribution in [2.75, 3.05) is 0 Å². The van der Waals surface area contributed by atoms with Crippen LogP contribution < -0.4 is 0 Å². The monoisotopic (exact) mass is 471 g/mol. The molecule has 6 atom stereocenters. The SMILES string of the molecule is CC(=O)OC1O[C@H]([C@@H](C)OB=NP)[C@@H](OC(=O)c2ccccc2)[C@H]1OC(=O)c1ccccc1. The first kappa shape index (κ1) is 24.5. The topological polar surface area (TPSA) is 110 Å². The Labute approximate surface area is 193 Å². The molecule has 3 rings (SSSR count). The fraction of sp³-hybridized carbons (Fsp3) is 0.318. The number of nitrogens with zero attached hydrogens (tertiary/aromatic N) is 1. The van der Waals surface area contributed by atoms with Gasteiger partial charge in [-0.1, -0.05) is 0 Å².